The molecule has 0 aromatic heterocycles. The fraction of sp³-hybridized carbons (Fsp3) is 0.417. The van der Waals surface area contributed by atoms with Gasteiger partial charge in [0.1, 0.15) is 0 Å². The number of hydroxylamine groups is 2. The van der Waals surface area contributed by atoms with Crippen molar-refractivity contribution in [2.75, 3.05) is 6.54 Å². The highest BCUT2D eigenvalue weighted by molar-refractivity contribution is 5.96. The Hall–Kier alpha value is -1.56. The summed E-state index contributed by atoms with van der Waals surface area (Å²) in [4.78, 5) is 16.6. The van der Waals surface area contributed by atoms with Gasteiger partial charge in [-0.3, -0.25) is 9.63 Å². The molecule has 0 aliphatic carbocycles. The molecule has 0 radical (unpaired) electrons. The average Bonchev–Trinajstić information content (AvgIpc) is 2.32. The molecule has 1 aromatic rings. The molecule has 1 aliphatic rings. The van der Waals surface area contributed by atoms with E-state index in [1.165, 1.54) is 0 Å². The maximum atomic E-state index is 12.4. The molecule has 1 amide bonds. The number of nitrogens with zero attached hydrogens (tertiary/aromatic N) is 1. The molecule has 0 spiro atoms. The molecule has 1 aromatic carbocycles. The van der Waals surface area contributed by atoms with Crippen LogP contribution < -0.4 is 0 Å². The molecule has 0 saturated heterocycles. The summed E-state index contributed by atoms with van der Waals surface area (Å²) in [6.45, 7) is 1.02. The van der Waals surface area contributed by atoms with E-state index in [2.05, 4.69) is 4.84 Å². The molecular formula is C12H12F3NO2. The predicted octanol–water partition coefficient (Wildman–Crippen LogP) is 2.57. The molecule has 0 fully saturated rings. The second-order valence-corrected chi connectivity index (χ2v) is 4.10. The Morgan fingerprint density at radius 2 is 2.00 bits per heavy atom. The third kappa shape index (κ3) is 2.48. The maximum Gasteiger partial charge on any atom is 0.416 e. The van der Waals surface area contributed by atoms with Crippen LogP contribution in [0.1, 0.15) is 22.8 Å². The van der Waals surface area contributed by atoms with Crippen LogP contribution in [-0.4, -0.2) is 29.8 Å². The highest BCUT2D eigenvalue weighted by Gasteiger charge is 2.40. The van der Waals surface area contributed by atoms with Gasteiger partial charge >= 0.3 is 6.18 Å². The predicted molar refractivity (Wildman–Crippen MR) is 57.8 cm³/mol. The third-order valence-corrected chi connectivity index (χ3v) is 2.80. The maximum absolute atomic E-state index is 12.4. The van der Waals surface area contributed by atoms with Crippen molar-refractivity contribution in [3.63, 3.8) is 0 Å². The van der Waals surface area contributed by atoms with Crippen LogP contribution in [0.4, 0.5) is 13.2 Å². The van der Waals surface area contributed by atoms with E-state index in [0.717, 1.165) is 17.6 Å². The Bertz CT molecular complexity index is 459. The van der Waals surface area contributed by atoms with Crippen LogP contribution in [0.15, 0.2) is 24.3 Å². The SMILES string of the molecule is CC(ON1CCc2ccccc2C1=O)C(F)(F)F. The second-order valence-electron chi connectivity index (χ2n) is 4.10. The number of hydrogen-bond donors (Lipinski definition) is 0. The first kappa shape index (κ1) is 12.9. The molecule has 1 heterocycles. The van der Waals surface area contributed by atoms with E-state index in [0.29, 0.717) is 12.0 Å². The van der Waals surface area contributed by atoms with Crippen molar-refractivity contribution in [1.82, 2.24) is 5.06 Å². The number of benzene rings is 1. The summed E-state index contributed by atoms with van der Waals surface area (Å²) in [5.41, 5.74) is 1.24. The van der Waals surface area contributed by atoms with E-state index in [1.807, 2.05) is 0 Å². The number of fused-ring (bicyclic) bond motifs is 1. The number of carbonyl (C=O) groups is 1. The monoisotopic (exact) mass is 259 g/mol. The van der Waals surface area contributed by atoms with E-state index in [1.54, 1.807) is 24.3 Å². The number of alkyl halides is 3. The van der Waals surface area contributed by atoms with Gasteiger partial charge in [0.15, 0.2) is 6.10 Å². The second kappa shape index (κ2) is 4.61. The van der Waals surface area contributed by atoms with Gasteiger partial charge in [-0.2, -0.15) is 13.2 Å². The molecule has 0 N–H and O–H groups in total. The first-order chi connectivity index (χ1) is 8.39. The normalized spacial score (nSPS) is 17.6. The van der Waals surface area contributed by atoms with Gasteiger partial charge in [0.2, 0.25) is 0 Å². The summed E-state index contributed by atoms with van der Waals surface area (Å²) in [5.74, 6) is -0.520. The van der Waals surface area contributed by atoms with Gasteiger partial charge < -0.3 is 0 Å². The summed E-state index contributed by atoms with van der Waals surface area (Å²) in [5, 5.41) is 0.792. The fourth-order valence-corrected chi connectivity index (χ4v) is 1.76. The van der Waals surface area contributed by atoms with Crippen LogP contribution in [-0.2, 0) is 11.3 Å². The number of hydrogen-bond acceptors (Lipinski definition) is 2. The Morgan fingerprint density at radius 1 is 1.33 bits per heavy atom. The van der Waals surface area contributed by atoms with Crippen LogP contribution >= 0.6 is 0 Å². The Labute approximate surface area is 102 Å². The summed E-state index contributed by atoms with van der Waals surface area (Å²) in [7, 11) is 0. The van der Waals surface area contributed by atoms with Crippen molar-refractivity contribution >= 4 is 5.91 Å². The number of carbonyl (C=O) groups excluding carboxylic acids is 1. The Balaban J connectivity index is 2.13. The molecule has 2 rings (SSSR count). The van der Waals surface area contributed by atoms with E-state index in [4.69, 9.17) is 0 Å². The molecular weight excluding hydrogens is 247 g/mol. The summed E-state index contributed by atoms with van der Waals surface area (Å²) < 4.78 is 37.1. The van der Waals surface area contributed by atoms with E-state index >= 15 is 0 Å². The van der Waals surface area contributed by atoms with Crippen molar-refractivity contribution < 1.29 is 22.8 Å². The van der Waals surface area contributed by atoms with Crippen molar-refractivity contribution in [1.29, 1.82) is 0 Å². The quantitative estimate of drug-likeness (QED) is 0.817. The molecule has 1 atom stereocenters. The van der Waals surface area contributed by atoms with Gasteiger partial charge in [-0.15, -0.1) is 0 Å². The number of amides is 1. The zero-order valence-electron chi connectivity index (χ0n) is 9.70. The number of halogens is 3. The lowest BCUT2D eigenvalue weighted by molar-refractivity contribution is -0.275. The van der Waals surface area contributed by atoms with Gasteiger partial charge in [-0.25, -0.2) is 5.06 Å². The zero-order valence-corrected chi connectivity index (χ0v) is 9.70. The smallest absolute Gasteiger partial charge is 0.267 e. The highest BCUT2D eigenvalue weighted by Crippen LogP contribution is 2.26. The highest BCUT2D eigenvalue weighted by atomic mass is 19.4. The minimum absolute atomic E-state index is 0.135. The van der Waals surface area contributed by atoms with Crippen LogP contribution in [0.3, 0.4) is 0 Å². The summed E-state index contributed by atoms with van der Waals surface area (Å²) in [6.07, 6.45) is -5.98. The lowest BCUT2D eigenvalue weighted by atomic mass is 10.0. The van der Waals surface area contributed by atoms with Crippen LogP contribution in [0.2, 0.25) is 0 Å². The van der Waals surface area contributed by atoms with Gasteiger partial charge in [-0.1, -0.05) is 18.2 Å². The standard InChI is InChI=1S/C12H12F3NO2/c1-8(12(13,14)15)18-16-7-6-9-4-2-3-5-10(9)11(16)17/h2-5,8H,6-7H2,1H3. The molecule has 0 saturated carbocycles. The van der Waals surface area contributed by atoms with Crippen LogP contribution in [0.5, 0.6) is 0 Å². The summed E-state index contributed by atoms with van der Waals surface area (Å²) >= 11 is 0. The Kier molecular flexibility index (Phi) is 3.30. The zero-order chi connectivity index (χ0) is 13.3. The molecule has 1 aliphatic heterocycles. The largest absolute Gasteiger partial charge is 0.416 e. The Morgan fingerprint density at radius 3 is 2.67 bits per heavy atom. The minimum atomic E-state index is -4.47. The van der Waals surface area contributed by atoms with Crippen molar-refractivity contribution in [3.05, 3.63) is 35.4 Å². The van der Waals surface area contributed by atoms with Crippen molar-refractivity contribution in [3.8, 4) is 0 Å². The topological polar surface area (TPSA) is 29.5 Å². The molecule has 18 heavy (non-hydrogen) atoms. The van der Waals surface area contributed by atoms with Gasteiger partial charge in [0, 0.05) is 5.56 Å². The van der Waals surface area contributed by atoms with Gasteiger partial charge in [-0.05, 0) is 25.0 Å². The minimum Gasteiger partial charge on any atom is -0.267 e. The van der Waals surface area contributed by atoms with Gasteiger partial charge in [0.25, 0.3) is 5.91 Å². The van der Waals surface area contributed by atoms with E-state index in [9.17, 15) is 18.0 Å². The van der Waals surface area contributed by atoms with E-state index in [-0.39, 0.29) is 6.54 Å². The lowest BCUT2D eigenvalue weighted by Crippen LogP contribution is -2.43. The first-order valence-electron chi connectivity index (χ1n) is 5.53. The molecule has 1 unspecified atom stereocenters. The van der Waals surface area contributed by atoms with E-state index < -0.39 is 18.2 Å². The van der Waals surface area contributed by atoms with Crippen LogP contribution in [0, 0.1) is 0 Å². The van der Waals surface area contributed by atoms with Gasteiger partial charge in [0.05, 0.1) is 6.54 Å². The molecule has 3 nitrogen and oxygen atoms in total. The van der Waals surface area contributed by atoms with Crippen molar-refractivity contribution in [2.45, 2.75) is 25.6 Å². The molecule has 0 bridgehead atoms. The average molecular weight is 259 g/mol. The first-order valence-corrected chi connectivity index (χ1v) is 5.53. The molecule has 6 heteroatoms. The lowest BCUT2D eigenvalue weighted by Gasteiger charge is -2.30. The molecule has 98 valence electrons. The van der Waals surface area contributed by atoms with Crippen molar-refractivity contribution in [2.24, 2.45) is 0 Å². The summed E-state index contributed by atoms with van der Waals surface area (Å²) in [6, 6.07) is 6.84. The number of rotatable bonds is 2. The third-order valence-electron chi connectivity index (χ3n) is 2.80. The van der Waals surface area contributed by atoms with Crippen LogP contribution in [0.25, 0.3) is 0 Å². The fourth-order valence-electron chi connectivity index (χ4n) is 1.76.